The highest BCUT2D eigenvalue weighted by Crippen LogP contribution is 2.09. The van der Waals surface area contributed by atoms with E-state index < -0.39 is 0 Å². The van der Waals surface area contributed by atoms with Gasteiger partial charge in [0.15, 0.2) is 0 Å². The summed E-state index contributed by atoms with van der Waals surface area (Å²) in [5, 5.41) is 15.9. The second-order valence-corrected chi connectivity index (χ2v) is 4.50. The minimum Gasteiger partial charge on any atom is -0.390 e. The van der Waals surface area contributed by atoms with Gasteiger partial charge in [0, 0.05) is 37.8 Å². The number of aliphatic hydroxyl groups is 1. The van der Waals surface area contributed by atoms with Crippen LogP contribution in [0.15, 0.2) is 11.6 Å². The summed E-state index contributed by atoms with van der Waals surface area (Å²) >= 11 is 1.67. The molecule has 0 aromatic carbocycles. The summed E-state index contributed by atoms with van der Waals surface area (Å²) in [5.41, 5.74) is 0. The second kappa shape index (κ2) is 4.84. The number of β-amino-alcohol motifs (C(OH)–C–C–N with tert-alkyl or cyclic N) is 1. The second-order valence-electron chi connectivity index (χ2n) is 3.52. The van der Waals surface area contributed by atoms with Gasteiger partial charge in [-0.1, -0.05) is 0 Å². The third-order valence-electron chi connectivity index (χ3n) is 2.30. The first-order chi connectivity index (χ1) is 6.84. The van der Waals surface area contributed by atoms with Crippen molar-refractivity contribution in [3.05, 3.63) is 16.6 Å². The maximum Gasteiger partial charge on any atom is 0.107 e. The first-order valence-electron chi connectivity index (χ1n) is 4.84. The van der Waals surface area contributed by atoms with Crippen molar-refractivity contribution < 1.29 is 5.11 Å². The summed E-state index contributed by atoms with van der Waals surface area (Å²) in [6, 6.07) is 0. The molecule has 1 aromatic heterocycles. The van der Waals surface area contributed by atoms with Gasteiger partial charge in [0.1, 0.15) is 5.01 Å². The Bertz CT molecular complexity index is 265. The molecule has 1 unspecified atom stereocenters. The van der Waals surface area contributed by atoms with Crippen molar-refractivity contribution in [2.45, 2.75) is 12.6 Å². The molecule has 0 aliphatic carbocycles. The van der Waals surface area contributed by atoms with Gasteiger partial charge in [0.2, 0.25) is 0 Å². The summed E-state index contributed by atoms with van der Waals surface area (Å²) < 4.78 is 0. The molecular formula is C9H15N3OS. The molecule has 0 radical (unpaired) electrons. The number of aromatic nitrogens is 1. The lowest BCUT2D eigenvalue weighted by Gasteiger charge is -2.19. The van der Waals surface area contributed by atoms with Crippen molar-refractivity contribution >= 4 is 11.3 Å². The maximum absolute atomic E-state index is 9.57. The monoisotopic (exact) mass is 213 g/mol. The van der Waals surface area contributed by atoms with Crippen molar-refractivity contribution in [1.82, 2.24) is 15.2 Å². The molecule has 0 saturated carbocycles. The molecule has 5 heteroatoms. The van der Waals surface area contributed by atoms with Gasteiger partial charge in [-0.15, -0.1) is 11.3 Å². The van der Waals surface area contributed by atoms with Crippen LogP contribution in [0.1, 0.15) is 5.01 Å². The first kappa shape index (κ1) is 10.0. The fraction of sp³-hybridized carbons (Fsp3) is 0.667. The molecule has 78 valence electrons. The summed E-state index contributed by atoms with van der Waals surface area (Å²) in [6.45, 7) is 4.23. The van der Waals surface area contributed by atoms with Gasteiger partial charge in [-0.25, -0.2) is 4.98 Å². The van der Waals surface area contributed by atoms with E-state index in [9.17, 15) is 5.11 Å². The molecule has 1 aromatic rings. The minimum absolute atomic E-state index is 0.252. The van der Waals surface area contributed by atoms with Crippen LogP contribution in [-0.2, 0) is 6.54 Å². The predicted octanol–water partition coefficient (Wildman–Crippen LogP) is -0.0908. The molecule has 2 N–H and O–H groups in total. The Morgan fingerprint density at radius 1 is 1.71 bits per heavy atom. The highest BCUT2D eigenvalue weighted by Gasteiger charge is 2.15. The van der Waals surface area contributed by atoms with E-state index in [0.29, 0.717) is 6.54 Å². The lowest BCUT2D eigenvalue weighted by atomic mass is 10.3. The molecule has 1 aliphatic rings. The van der Waals surface area contributed by atoms with Gasteiger partial charge in [0.05, 0.1) is 12.6 Å². The van der Waals surface area contributed by atoms with Crippen molar-refractivity contribution in [2.24, 2.45) is 0 Å². The van der Waals surface area contributed by atoms with Crippen molar-refractivity contribution in [1.29, 1.82) is 0 Å². The van der Waals surface area contributed by atoms with E-state index in [2.05, 4.69) is 15.2 Å². The van der Waals surface area contributed by atoms with Crippen LogP contribution >= 0.6 is 11.3 Å². The SMILES string of the molecule is OC1CNCCN(Cc2nccs2)C1. The lowest BCUT2D eigenvalue weighted by molar-refractivity contribution is 0.127. The van der Waals surface area contributed by atoms with Crippen LogP contribution in [0.3, 0.4) is 0 Å². The smallest absolute Gasteiger partial charge is 0.107 e. The largest absolute Gasteiger partial charge is 0.390 e. The number of nitrogens with zero attached hydrogens (tertiary/aromatic N) is 2. The number of hydrogen-bond acceptors (Lipinski definition) is 5. The zero-order valence-electron chi connectivity index (χ0n) is 8.02. The molecule has 0 amide bonds. The number of thiazole rings is 1. The Hall–Kier alpha value is -0.490. The number of aliphatic hydroxyl groups excluding tert-OH is 1. The summed E-state index contributed by atoms with van der Waals surface area (Å²) in [5.74, 6) is 0. The average Bonchev–Trinajstić information content (AvgIpc) is 2.56. The molecular weight excluding hydrogens is 198 g/mol. The minimum atomic E-state index is -0.252. The first-order valence-corrected chi connectivity index (χ1v) is 5.72. The summed E-state index contributed by atoms with van der Waals surface area (Å²) in [6.07, 6.45) is 1.57. The van der Waals surface area contributed by atoms with E-state index >= 15 is 0 Å². The topological polar surface area (TPSA) is 48.4 Å². The molecule has 1 saturated heterocycles. The zero-order valence-corrected chi connectivity index (χ0v) is 8.83. The molecule has 2 rings (SSSR count). The maximum atomic E-state index is 9.57. The van der Waals surface area contributed by atoms with Gasteiger partial charge in [-0.2, -0.15) is 0 Å². The molecule has 2 heterocycles. The van der Waals surface area contributed by atoms with E-state index in [4.69, 9.17) is 0 Å². The molecule has 4 nitrogen and oxygen atoms in total. The Labute approximate surface area is 87.6 Å². The van der Waals surface area contributed by atoms with Gasteiger partial charge in [-0.05, 0) is 0 Å². The van der Waals surface area contributed by atoms with E-state index in [-0.39, 0.29) is 6.10 Å². The fourth-order valence-corrected chi connectivity index (χ4v) is 2.28. The molecule has 0 bridgehead atoms. The van der Waals surface area contributed by atoms with E-state index in [1.165, 1.54) is 0 Å². The van der Waals surface area contributed by atoms with Crippen LogP contribution in [0.2, 0.25) is 0 Å². The average molecular weight is 213 g/mol. The van der Waals surface area contributed by atoms with Crippen molar-refractivity contribution in [2.75, 3.05) is 26.2 Å². The van der Waals surface area contributed by atoms with E-state index in [0.717, 1.165) is 31.2 Å². The quantitative estimate of drug-likeness (QED) is 0.721. The molecule has 0 spiro atoms. The zero-order chi connectivity index (χ0) is 9.80. The van der Waals surface area contributed by atoms with Gasteiger partial charge >= 0.3 is 0 Å². The standard InChI is InChI=1S/C9H15N3OS/c13-8-5-10-1-3-12(6-8)7-9-11-2-4-14-9/h2,4,8,10,13H,1,3,5-7H2. The fourth-order valence-electron chi connectivity index (χ4n) is 1.63. The van der Waals surface area contributed by atoms with Crippen LogP contribution in [0.25, 0.3) is 0 Å². The predicted molar refractivity (Wildman–Crippen MR) is 56.3 cm³/mol. The van der Waals surface area contributed by atoms with Gasteiger partial charge in [0.25, 0.3) is 0 Å². The lowest BCUT2D eigenvalue weighted by Crippen LogP contribution is -2.32. The molecule has 1 aliphatic heterocycles. The van der Waals surface area contributed by atoms with Crippen molar-refractivity contribution in [3.63, 3.8) is 0 Å². The third-order valence-corrected chi connectivity index (χ3v) is 3.06. The van der Waals surface area contributed by atoms with Gasteiger partial charge in [-0.3, -0.25) is 4.90 Å². The molecule has 14 heavy (non-hydrogen) atoms. The van der Waals surface area contributed by atoms with Crippen LogP contribution in [-0.4, -0.2) is 47.3 Å². The number of rotatable bonds is 2. The molecule has 1 fully saturated rings. The number of hydrogen-bond donors (Lipinski definition) is 2. The van der Waals surface area contributed by atoms with Crippen LogP contribution in [0, 0.1) is 0 Å². The van der Waals surface area contributed by atoms with Crippen LogP contribution in [0.4, 0.5) is 0 Å². The molecule has 1 atom stereocenters. The summed E-state index contributed by atoms with van der Waals surface area (Å²) in [4.78, 5) is 6.48. The Morgan fingerprint density at radius 2 is 2.64 bits per heavy atom. The van der Waals surface area contributed by atoms with Crippen LogP contribution < -0.4 is 5.32 Å². The normalized spacial score (nSPS) is 24.8. The van der Waals surface area contributed by atoms with Crippen LogP contribution in [0.5, 0.6) is 0 Å². The number of nitrogens with one attached hydrogen (secondary N) is 1. The highest BCUT2D eigenvalue weighted by molar-refractivity contribution is 7.09. The van der Waals surface area contributed by atoms with Gasteiger partial charge < -0.3 is 10.4 Å². The third kappa shape index (κ3) is 2.75. The van der Waals surface area contributed by atoms with Crippen molar-refractivity contribution in [3.8, 4) is 0 Å². The van der Waals surface area contributed by atoms with E-state index in [1.807, 2.05) is 11.6 Å². The van der Waals surface area contributed by atoms with E-state index in [1.54, 1.807) is 11.3 Å². The highest BCUT2D eigenvalue weighted by atomic mass is 32.1. The Morgan fingerprint density at radius 3 is 3.43 bits per heavy atom. The summed E-state index contributed by atoms with van der Waals surface area (Å²) in [7, 11) is 0. The Balaban J connectivity index is 1.90. The Kier molecular flexibility index (Phi) is 3.47.